The van der Waals surface area contributed by atoms with E-state index in [1.165, 1.54) is 27.8 Å². The van der Waals surface area contributed by atoms with Gasteiger partial charge in [-0.2, -0.15) is 0 Å². The number of nitrogens with one attached hydrogen (secondary N) is 6. The smallest absolute Gasteiger partial charge is 0.327 e. The van der Waals surface area contributed by atoms with E-state index < -0.39 is 120 Å². The van der Waals surface area contributed by atoms with Gasteiger partial charge in [0.25, 0.3) is 5.91 Å². The second-order valence-corrected chi connectivity index (χ2v) is 18.3. The second-order valence-electron chi connectivity index (χ2n) is 18.3. The number of hydrogen-bond acceptors (Lipinski definition) is 11. The molecule has 2 rings (SSSR count). The lowest BCUT2D eigenvalue weighted by molar-refractivity contribution is -0.146. The predicted molar refractivity (Wildman–Crippen MR) is 264 cm³/mol. The molecule has 1 aliphatic heterocycles. The largest absolute Gasteiger partial charge is 0.480 e. The van der Waals surface area contributed by atoms with Crippen molar-refractivity contribution in [3.8, 4) is 0 Å². The molecule has 0 aliphatic carbocycles. The highest BCUT2D eigenvalue weighted by atomic mass is 16.5. The maximum absolute atomic E-state index is 14.3. The van der Waals surface area contributed by atoms with Crippen molar-refractivity contribution in [2.24, 2.45) is 40.1 Å². The van der Waals surface area contributed by atoms with Crippen LogP contribution in [0.2, 0.25) is 0 Å². The van der Waals surface area contributed by atoms with E-state index in [-0.39, 0.29) is 49.7 Å². The first-order valence-electron chi connectivity index (χ1n) is 23.5. The van der Waals surface area contributed by atoms with E-state index in [1.54, 1.807) is 33.1 Å². The molecule has 1 aromatic rings. The number of amides is 7. The number of nitrogens with zero attached hydrogens (tertiary/aromatic N) is 2. The van der Waals surface area contributed by atoms with Gasteiger partial charge in [-0.25, -0.2) is 9.59 Å². The minimum atomic E-state index is -1.89. The number of allylic oxidation sites excluding steroid dienone is 2. The maximum atomic E-state index is 14.3. The molecular formula is C49H74N10O12. The van der Waals surface area contributed by atoms with Gasteiger partial charge in [0.15, 0.2) is 5.96 Å². The summed E-state index contributed by atoms with van der Waals surface area (Å²) in [7, 11) is 2.82. The van der Waals surface area contributed by atoms with Crippen molar-refractivity contribution in [1.82, 2.24) is 36.8 Å². The third kappa shape index (κ3) is 20.0. The number of hydrogen-bond donors (Lipinski definition) is 10. The molecule has 1 aliphatic rings. The van der Waals surface area contributed by atoms with Gasteiger partial charge in [-0.1, -0.05) is 95.3 Å². The normalized spacial score (nSPS) is 25.3. The Kier molecular flexibility index (Phi) is 24.7. The number of aliphatic imine (C=N–C) groups is 1. The first-order valence-corrected chi connectivity index (χ1v) is 23.5. The van der Waals surface area contributed by atoms with Gasteiger partial charge in [0, 0.05) is 33.0 Å². The Morgan fingerprint density at radius 1 is 0.845 bits per heavy atom. The Labute approximate surface area is 415 Å². The van der Waals surface area contributed by atoms with E-state index in [4.69, 9.17) is 16.2 Å². The molecule has 22 heteroatoms. The molecule has 1 saturated heterocycles. The molecule has 12 N–H and O–H groups in total. The summed E-state index contributed by atoms with van der Waals surface area (Å²) in [6, 6.07) is 1.03. The fraction of sp³-hybridized carbons (Fsp3) is 0.551. The number of carbonyl (C=O) groups excluding carboxylic acids is 7. The van der Waals surface area contributed by atoms with Crippen LogP contribution in [0.5, 0.6) is 0 Å². The molecule has 0 aromatic heterocycles. The molecule has 1 aromatic carbocycles. The zero-order valence-corrected chi connectivity index (χ0v) is 42.2. The molecular weight excluding hydrogens is 921 g/mol. The van der Waals surface area contributed by atoms with Crippen molar-refractivity contribution in [1.29, 1.82) is 0 Å². The number of carbonyl (C=O) groups is 9. The summed E-state index contributed by atoms with van der Waals surface area (Å²) in [5.74, 6) is -12.5. The van der Waals surface area contributed by atoms with E-state index in [1.807, 2.05) is 50.3 Å². The molecule has 71 heavy (non-hydrogen) atoms. The fourth-order valence-corrected chi connectivity index (χ4v) is 7.46. The molecule has 10 atom stereocenters. The Hall–Kier alpha value is -7.10. The molecule has 0 radical (unpaired) electrons. The minimum absolute atomic E-state index is 0.0152. The molecule has 1 heterocycles. The lowest BCUT2D eigenvalue weighted by atomic mass is 9.94. The van der Waals surface area contributed by atoms with E-state index in [0.717, 1.165) is 16.0 Å². The number of ether oxygens (including phenoxy) is 1. The van der Waals surface area contributed by atoms with Gasteiger partial charge in [-0.3, -0.25) is 38.6 Å². The van der Waals surface area contributed by atoms with Crippen LogP contribution in [-0.4, -0.2) is 137 Å². The number of likely N-dealkylation sites (N-methyl/N-ethyl adjacent to an activating group) is 1. The van der Waals surface area contributed by atoms with Gasteiger partial charge in [0.2, 0.25) is 35.4 Å². The van der Waals surface area contributed by atoms with Gasteiger partial charge >= 0.3 is 11.9 Å². The number of guanidine groups is 1. The monoisotopic (exact) mass is 995 g/mol. The van der Waals surface area contributed by atoms with Crippen molar-refractivity contribution in [2.45, 2.75) is 129 Å². The molecule has 0 bridgehead atoms. The summed E-state index contributed by atoms with van der Waals surface area (Å²) in [5.41, 5.74) is 12.2. The van der Waals surface area contributed by atoms with Gasteiger partial charge in [0.1, 0.15) is 35.9 Å². The highest BCUT2D eigenvalue weighted by Gasteiger charge is 2.37. The molecule has 0 spiro atoms. The summed E-state index contributed by atoms with van der Waals surface area (Å²) in [6.07, 6.45) is 4.71. The minimum Gasteiger partial charge on any atom is -0.480 e. The summed E-state index contributed by atoms with van der Waals surface area (Å²) >= 11 is 0. The molecule has 0 saturated carbocycles. The third-order valence-electron chi connectivity index (χ3n) is 12.0. The van der Waals surface area contributed by atoms with Crippen LogP contribution in [-0.2, 0) is 54.3 Å². The molecule has 7 amide bonds. The summed E-state index contributed by atoms with van der Waals surface area (Å²) in [4.78, 5) is 126. The number of benzene rings is 1. The zero-order chi connectivity index (χ0) is 53.7. The highest BCUT2D eigenvalue weighted by Crippen LogP contribution is 2.19. The lowest BCUT2D eigenvalue weighted by Crippen LogP contribution is -2.59. The van der Waals surface area contributed by atoms with Crippen LogP contribution in [0, 0.1) is 23.7 Å². The first-order chi connectivity index (χ1) is 33.3. The van der Waals surface area contributed by atoms with Gasteiger partial charge in [-0.15, -0.1) is 0 Å². The Morgan fingerprint density at radius 3 is 2.03 bits per heavy atom. The van der Waals surface area contributed by atoms with Crippen LogP contribution < -0.4 is 43.4 Å². The zero-order valence-electron chi connectivity index (χ0n) is 42.2. The van der Waals surface area contributed by atoms with Crippen molar-refractivity contribution in [3.63, 3.8) is 0 Å². The van der Waals surface area contributed by atoms with E-state index in [0.29, 0.717) is 6.42 Å². The van der Waals surface area contributed by atoms with Crippen LogP contribution in [0.25, 0.3) is 0 Å². The van der Waals surface area contributed by atoms with Crippen LogP contribution in [0.1, 0.15) is 86.1 Å². The van der Waals surface area contributed by atoms with E-state index in [2.05, 4.69) is 43.5 Å². The molecule has 0 unspecified atom stereocenters. The lowest BCUT2D eigenvalue weighted by Gasteiger charge is -2.29. The van der Waals surface area contributed by atoms with Crippen molar-refractivity contribution < 1.29 is 58.1 Å². The van der Waals surface area contributed by atoms with Gasteiger partial charge in [-0.05, 0) is 57.4 Å². The Balaban J connectivity index is 2.69. The van der Waals surface area contributed by atoms with Crippen LogP contribution in [0.4, 0.5) is 0 Å². The van der Waals surface area contributed by atoms with Crippen molar-refractivity contribution >= 4 is 59.2 Å². The third-order valence-corrected chi connectivity index (χ3v) is 12.0. The topological polar surface area (TPSA) is 343 Å². The average Bonchev–Trinajstić information content (AvgIpc) is 3.31. The number of aliphatic carboxylic acids is 2. The van der Waals surface area contributed by atoms with Crippen LogP contribution in [0.3, 0.4) is 0 Å². The number of carboxylic acid groups (broad SMARTS) is 2. The Bertz CT molecular complexity index is 2160. The molecule has 392 valence electrons. The molecule has 22 nitrogen and oxygen atoms in total. The first kappa shape index (κ1) is 60.0. The van der Waals surface area contributed by atoms with Gasteiger partial charge < -0.3 is 63.2 Å². The SMILES string of the molecule is C=C1C(=O)N[C@H](C)C(=O)N[C@@H](CCCN=C(N)N)C(=O)N[C@@H](C(=O)O)[C@H](C)C(=O)N[C@@H](CC(C)C)C(=O)N[C@@H](/C=C/C(C)=C/[C@H](C)[C@H](Cc2ccccc2)OC)[C@H](C)C(=O)N[C@@H](C(=O)O)CCC(=O)N1C. The molecule has 1 fully saturated rings. The highest BCUT2D eigenvalue weighted by molar-refractivity contribution is 6.00. The fourth-order valence-electron chi connectivity index (χ4n) is 7.46. The van der Waals surface area contributed by atoms with E-state index in [9.17, 15) is 53.4 Å². The van der Waals surface area contributed by atoms with Crippen LogP contribution in [0.15, 0.2) is 71.4 Å². The quantitative estimate of drug-likeness (QED) is 0.0379. The summed E-state index contributed by atoms with van der Waals surface area (Å²) in [5, 5.41) is 35.5. The van der Waals surface area contributed by atoms with Gasteiger partial charge in [0.05, 0.1) is 24.0 Å². The number of rotatable bonds is 15. The number of nitrogens with two attached hydrogens (primary N) is 2. The summed E-state index contributed by atoms with van der Waals surface area (Å²) < 4.78 is 5.81. The second kappa shape index (κ2) is 29.2. The maximum Gasteiger partial charge on any atom is 0.327 e. The Morgan fingerprint density at radius 2 is 1.45 bits per heavy atom. The van der Waals surface area contributed by atoms with E-state index >= 15 is 0 Å². The number of carboxylic acids is 2. The summed E-state index contributed by atoms with van der Waals surface area (Å²) in [6.45, 7) is 15.0. The predicted octanol–water partition coefficient (Wildman–Crippen LogP) is 0.618. The van der Waals surface area contributed by atoms with Crippen molar-refractivity contribution in [3.05, 3.63) is 72.0 Å². The average molecular weight is 995 g/mol. The standard InChI is InChI=1S/C49H74N10O12/c1-26(2)23-37-46(66)54-34(19-18-27(3)24-28(4)38(71-10)25-33-15-12-11-13-16-33)29(5)41(61)56-36(47(67)68)20-21-39(60)59(9)32(8)44(64)53-31(7)43(63)55-35(17-14-22-52-49(50)51)45(65)58-40(48(69)70)30(6)42(62)57-37/h11-13,15-16,18-19,24,26,28-31,34-38,40H,8,14,17,20-23,25H2,1-7,9-10H3,(H,53,64)(H,54,66)(H,55,63)(H,56,61)(H,57,62)(H,58,65)(H,67,68)(H,69,70)(H4,50,51,52)/b19-18+,27-24+/t28-,29-,30-,31+,34-,35-,36+,37-,38-,40+/m0/s1. The number of methoxy groups -OCH3 is 1. The van der Waals surface area contributed by atoms with Crippen LogP contribution >= 0.6 is 0 Å². The van der Waals surface area contributed by atoms with Crippen molar-refractivity contribution in [2.75, 3.05) is 20.7 Å².